The molecule has 0 radical (unpaired) electrons. The van der Waals surface area contributed by atoms with E-state index in [-0.39, 0.29) is 18.1 Å². The molecule has 2 heterocycles. The fourth-order valence-corrected chi connectivity index (χ4v) is 3.53. The summed E-state index contributed by atoms with van der Waals surface area (Å²) >= 11 is 0. The monoisotopic (exact) mass is 350 g/mol. The second kappa shape index (κ2) is 6.88. The molecule has 1 aromatic carbocycles. The molecule has 1 aliphatic rings. The van der Waals surface area contributed by atoms with Gasteiger partial charge in [0, 0.05) is 17.6 Å². The van der Waals surface area contributed by atoms with Gasteiger partial charge in [-0.05, 0) is 50.8 Å². The van der Waals surface area contributed by atoms with Crippen molar-refractivity contribution < 1.29 is 9.90 Å². The van der Waals surface area contributed by atoms with Gasteiger partial charge in [0.05, 0.1) is 22.9 Å². The average molecular weight is 350 g/mol. The molecule has 0 unspecified atom stereocenters. The molecule has 0 saturated heterocycles. The van der Waals surface area contributed by atoms with Gasteiger partial charge in [-0.1, -0.05) is 18.2 Å². The van der Waals surface area contributed by atoms with Crippen molar-refractivity contribution in [1.82, 2.24) is 20.1 Å². The van der Waals surface area contributed by atoms with Crippen LogP contribution < -0.4 is 5.32 Å². The van der Waals surface area contributed by atoms with E-state index < -0.39 is 0 Å². The number of benzene rings is 1. The minimum atomic E-state index is -0.226. The number of hydrogen-bond donors (Lipinski definition) is 2. The number of aliphatic hydroxyl groups excluding tert-OH is 1. The predicted octanol–water partition coefficient (Wildman–Crippen LogP) is 2.76. The molecule has 0 spiro atoms. The van der Waals surface area contributed by atoms with Crippen molar-refractivity contribution in [2.75, 3.05) is 0 Å². The van der Waals surface area contributed by atoms with Crippen LogP contribution in [0.4, 0.5) is 0 Å². The van der Waals surface area contributed by atoms with Crippen molar-refractivity contribution in [3.63, 3.8) is 0 Å². The van der Waals surface area contributed by atoms with Gasteiger partial charge in [-0.3, -0.25) is 4.79 Å². The summed E-state index contributed by atoms with van der Waals surface area (Å²) in [4.78, 5) is 16.9. The second-order valence-electron chi connectivity index (χ2n) is 6.90. The Bertz CT molecular complexity index is 925. The quantitative estimate of drug-likeness (QED) is 0.761. The highest BCUT2D eigenvalue weighted by molar-refractivity contribution is 5.94. The third-order valence-electron chi connectivity index (χ3n) is 5.03. The van der Waals surface area contributed by atoms with Crippen LogP contribution in [-0.4, -0.2) is 37.9 Å². The summed E-state index contributed by atoms with van der Waals surface area (Å²) in [6, 6.07) is 11.7. The molecule has 2 N–H and O–H groups in total. The first-order valence-electron chi connectivity index (χ1n) is 9.01. The molecule has 6 nitrogen and oxygen atoms in total. The van der Waals surface area contributed by atoms with E-state index in [4.69, 9.17) is 0 Å². The van der Waals surface area contributed by atoms with Gasteiger partial charge in [0.25, 0.3) is 5.91 Å². The standard InChI is InChI=1S/C20H22N4O2/c1-13-17-4-2-3-5-18(17)24(23-13)19-11-6-14(12-21-19)20(26)22-15-7-9-16(25)10-8-15/h2-6,11-12,15-16,25H,7-10H2,1H3,(H,22,26). The highest BCUT2D eigenvalue weighted by Gasteiger charge is 2.21. The van der Waals surface area contributed by atoms with Gasteiger partial charge in [-0.2, -0.15) is 5.10 Å². The van der Waals surface area contributed by atoms with Crippen molar-refractivity contribution in [2.24, 2.45) is 0 Å². The van der Waals surface area contributed by atoms with Crippen LogP contribution in [0.15, 0.2) is 42.6 Å². The zero-order chi connectivity index (χ0) is 18.1. The first kappa shape index (κ1) is 16.7. The maximum Gasteiger partial charge on any atom is 0.253 e. The fraction of sp³-hybridized carbons (Fsp3) is 0.350. The highest BCUT2D eigenvalue weighted by Crippen LogP contribution is 2.21. The highest BCUT2D eigenvalue weighted by atomic mass is 16.3. The van der Waals surface area contributed by atoms with E-state index in [1.165, 1.54) is 0 Å². The first-order chi connectivity index (χ1) is 12.6. The summed E-state index contributed by atoms with van der Waals surface area (Å²) in [5, 5.41) is 18.3. The number of carbonyl (C=O) groups excluding carboxylic acids is 1. The largest absolute Gasteiger partial charge is 0.393 e. The van der Waals surface area contributed by atoms with Crippen LogP contribution in [0.5, 0.6) is 0 Å². The molecular formula is C20H22N4O2. The fourth-order valence-electron chi connectivity index (χ4n) is 3.53. The summed E-state index contributed by atoms with van der Waals surface area (Å²) in [5.74, 6) is 0.568. The zero-order valence-corrected chi connectivity index (χ0v) is 14.7. The summed E-state index contributed by atoms with van der Waals surface area (Å²) in [6.45, 7) is 1.97. The Morgan fingerprint density at radius 3 is 2.65 bits per heavy atom. The third kappa shape index (κ3) is 3.20. The molecular weight excluding hydrogens is 328 g/mol. The Hall–Kier alpha value is -2.73. The lowest BCUT2D eigenvalue weighted by Crippen LogP contribution is -2.38. The molecule has 0 atom stereocenters. The van der Waals surface area contributed by atoms with Crippen molar-refractivity contribution >= 4 is 16.8 Å². The Morgan fingerprint density at radius 1 is 1.15 bits per heavy atom. The van der Waals surface area contributed by atoms with Crippen LogP contribution in [0.2, 0.25) is 0 Å². The minimum absolute atomic E-state index is 0.119. The third-order valence-corrected chi connectivity index (χ3v) is 5.03. The molecule has 6 heteroatoms. The molecule has 3 aromatic rings. The first-order valence-corrected chi connectivity index (χ1v) is 9.01. The normalized spacial score (nSPS) is 20.2. The Morgan fingerprint density at radius 2 is 1.92 bits per heavy atom. The Kier molecular flexibility index (Phi) is 4.42. The summed E-state index contributed by atoms with van der Waals surface area (Å²) in [6.07, 6.45) is 4.49. The van der Waals surface area contributed by atoms with Gasteiger partial charge in [0.1, 0.15) is 0 Å². The maximum atomic E-state index is 12.4. The van der Waals surface area contributed by atoms with Crippen molar-refractivity contribution in [2.45, 2.75) is 44.8 Å². The number of rotatable bonds is 3. The Labute approximate surface area is 151 Å². The number of amides is 1. The molecule has 26 heavy (non-hydrogen) atoms. The predicted molar refractivity (Wildman–Crippen MR) is 99.3 cm³/mol. The van der Waals surface area contributed by atoms with E-state index >= 15 is 0 Å². The summed E-state index contributed by atoms with van der Waals surface area (Å²) in [5.41, 5.74) is 2.48. The number of carbonyl (C=O) groups is 1. The van der Waals surface area contributed by atoms with E-state index in [1.54, 1.807) is 16.9 Å². The molecule has 134 valence electrons. The minimum Gasteiger partial charge on any atom is -0.393 e. The summed E-state index contributed by atoms with van der Waals surface area (Å²) in [7, 11) is 0. The number of aromatic nitrogens is 3. The molecule has 2 aromatic heterocycles. The van der Waals surface area contributed by atoms with Crippen LogP contribution in [0.1, 0.15) is 41.7 Å². The average Bonchev–Trinajstić information content (AvgIpc) is 3.01. The molecule has 1 amide bonds. The molecule has 0 bridgehead atoms. The lowest BCUT2D eigenvalue weighted by Gasteiger charge is -2.26. The van der Waals surface area contributed by atoms with Gasteiger partial charge >= 0.3 is 0 Å². The molecule has 4 rings (SSSR count). The number of aliphatic hydroxyl groups is 1. The SMILES string of the molecule is Cc1nn(-c2ccc(C(=O)NC3CCC(O)CC3)cn2)c2ccccc12. The van der Waals surface area contributed by atoms with Gasteiger partial charge in [0.2, 0.25) is 0 Å². The van der Waals surface area contributed by atoms with E-state index in [1.807, 2.05) is 37.3 Å². The van der Waals surface area contributed by atoms with Gasteiger partial charge in [0.15, 0.2) is 5.82 Å². The van der Waals surface area contributed by atoms with Crippen LogP contribution in [0.3, 0.4) is 0 Å². The van der Waals surface area contributed by atoms with Crippen LogP contribution in [0, 0.1) is 6.92 Å². The smallest absolute Gasteiger partial charge is 0.253 e. The lowest BCUT2D eigenvalue weighted by atomic mass is 9.93. The van der Waals surface area contributed by atoms with E-state index in [0.717, 1.165) is 42.3 Å². The van der Waals surface area contributed by atoms with Crippen molar-refractivity contribution in [3.8, 4) is 5.82 Å². The van der Waals surface area contributed by atoms with Gasteiger partial charge in [-0.25, -0.2) is 9.67 Å². The van der Waals surface area contributed by atoms with Gasteiger partial charge in [-0.15, -0.1) is 0 Å². The Balaban J connectivity index is 1.52. The molecule has 1 saturated carbocycles. The van der Waals surface area contributed by atoms with Crippen LogP contribution in [0.25, 0.3) is 16.7 Å². The lowest BCUT2D eigenvalue weighted by molar-refractivity contribution is 0.0867. The number of nitrogens with zero attached hydrogens (tertiary/aromatic N) is 3. The topological polar surface area (TPSA) is 80.0 Å². The molecule has 0 aliphatic heterocycles. The van der Waals surface area contributed by atoms with Crippen LogP contribution >= 0.6 is 0 Å². The van der Waals surface area contributed by atoms with E-state index in [9.17, 15) is 9.90 Å². The van der Waals surface area contributed by atoms with Gasteiger partial charge < -0.3 is 10.4 Å². The van der Waals surface area contributed by atoms with Crippen LogP contribution in [-0.2, 0) is 0 Å². The number of para-hydroxylation sites is 1. The second-order valence-corrected chi connectivity index (χ2v) is 6.90. The van der Waals surface area contributed by atoms with Crippen molar-refractivity contribution in [3.05, 3.63) is 53.9 Å². The molecule has 1 fully saturated rings. The number of fused-ring (bicyclic) bond motifs is 1. The van der Waals surface area contributed by atoms with Crippen molar-refractivity contribution in [1.29, 1.82) is 0 Å². The number of pyridine rings is 1. The number of aryl methyl sites for hydroxylation is 1. The van der Waals surface area contributed by atoms with E-state index in [2.05, 4.69) is 15.4 Å². The zero-order valence-electron chi connectivity index (χ0n) is 14.7. The van der Waals surface area contributed by atoms with E-state index in [0.29, 0.717) is 11.4 Å². The summed E-state index contributed by atoms with van der Waals surface area (Å²) < 4.78 is 1.80. The molecule has 1 aliphatic carbocycles. The number of nitrogens with one attached hydrogen (secondary N) is 1. The maximum absolute atomic E-state index is 12.4. The number of hydrogen-bond acceptors (Lipinski definition) is 4.